The van der Waals surface area contributed by atoms with Gasteiger partial charge in [0.2, 0.25) is 0 Å². The molecule has 0 fully saturated rings. The highest BCUT2D eigenvalue weighted by Gasteiger charge is 2.27. The van der Waals surface area contributed by atoms with Gasteiger partial charge >= 0.3 is 11.8 Å². The quantitative estimate of drug-likeness (QED) is 0.420. The number of aromatic nitrogens is 5. The van der Waals surface area contributed by atoms with E-state index in [0.717, 1.165) is 17.7 Å². The Labute approximate surface area is 191 Å². The molecule has 4 aromatic heterocycles. The number of rotatable bonds is 3. The number of nitrogens with one attached hydrogen (secondary N) is 1. The minimum absolute atomic E-state index is 0.0244. The van der Waals surface area contributed by atoms with E-state index in [9.17, 15) is 13.6 Å². The van der Waals surface area contributed by atoms with Crippen LogP contribution >= 0.6 is 0 Å². The van der Waals surface area contributed by atoms with Crippen molar-refractivity contribution in [2.75, 3.05) is 6.54 Å². The van der Waals surface area contributed by atoms with E-state index in [2.05, 4.69) is 25.1 Å². The fourth-order valence-electron chi connectivity index (χ4n) is 3.59. The second-order valence-electron chi connectivity index (χ2n) is 7.42. The number of fused-ring (bicyclic) bond motifs is 2. The van der Waals surface area contributed by atoms with Gasteiger partial charge in [0.25, 0.3) is 12.3 Å². The van der Waals surface area contributed by atoms with Crippen molar-refractivity contribution < 1.29 is 22.4 Å². The lowest BCUT2D eigenvalue weighted by Crippen LogP contribution is -2.36. The Hall–Kier alpha value is -4.41. The maximum atomic E-state index is 12.5. The summed E-state index contributed by atoms with van der Waals surface area (Å²) in [6.07, 6.45) is 2.63. The van der Waals surface area contributed by atoms with Gasteiger partial charge in [0.15, 0.2) is 0 Å². The highest BCUT2D eigenvalue weighted by molar-refractivity contribution is 5.89. The number of halogens is 2. The first-order valence-electron chi connectivity index (χ1n) is 10.4. The molecule has 5 aromatic rings. The topological polar surface area (TPSA) is 114 Å². The number of nitrogens with zero attached hydrogens (tertiary/aromatic N) is 5. The van der Waals surface area contributed by atoms with E-state index in [-0.39, 0.29) is 23.3 Å². The number of carbonyl (C=O) groups excluding carboxylic acids is 1. The highest BCUT2D eigenvalue weighted by atomic mass is 19.3. The zero-order valence-electron chi connectivity index (χ0n) is 17.7. The fraction of sp³-hybridized carbons (Fsp3) is 0.174. The minimum Gasteiger partial charge on any atom is -0.464 e. The first kappa shape index (κ1) is 21.4. The van der Waals surface area contributed by atoms with Gasteiger partial charge in [0.05, 0.1) is 29.8 Å². The third-order valence-electron chi connectivity index (χ3n) is 5.30. The first-order chi connectivity index (χ1) is 16.6. The van der Waals surface area contributed by atoms with E-state index in [1.807, 2.05) is 6.07 Å². The molecule has 0 bridgehead atoms. The number of carbonyl (C=O) groups is 1. The molecule has 0 radical (unpaired) electrons. The molecular formula is C23H18F2N6O3. The molecule has 0 atom stereocenters. The number of hydrogen-bond donors (Lipinski definition) is 1. The van der Waals surface area contributed by atoms with Crippen molar-refractivity contribution in [3.05, 3.63) is 84.1 Å². The molecule has 1 aliphatic heterocycles. The molecule has 1 N–H and O–H groups in total. The summed E-state index contributed by atoms with van der Waals surface area (Å²) in [4.78, 5) is 25.5. The molecule has 0 aliphatic carbocycles. The maximum absolute atomic E-state index is 12.5. The highest BCUT2D eigenvalue weighted by Crippen LogP contribution is 2.29. The predicted molar refractivity (Wildman–Crippen MR) is 116 cm³/mol. The predicted octanol–water partition coefficient (Wildman–Crippen LogP) is 4.42. The van der Waals surface area contributed by atoms with E-state index < -0.39 is 6.43 Å². The van der Waals surface area contributed by atoms with E-state index in [0.29, 0.717) is 36.2 Å². The fourth-order valence-corrected chi connectivity index (χ4v) is 3.59. The summed E-state index contributed by atoms with van der Waals surface area (Å²) < 4.78 is 34.9. The molecule has 0 saturated heterocycles. The number of furan rings is 1. The molecule has 11 heteroatoms. The first-order valence-corrected chi connectivity index (χ1v) is 10.4. The lowest BCUT2D eigenvalue weighted by Gasteiger charge is -2.24. The van der Waals surface area contributed by atoms with Crippen LogP contribution in [0, 0.1) is 0 Å². The van der Waals surface area contributed by atoms with Crippen LogP contribution < -0.4 is 0 Å². The Morgan fingerprint density at radius 2 is 1.94 bits per heavy atom. The van der Waals surface area contributed by atoms with Crippen LogP contribution in [-0.2, 0) is 13.0 Å². The number of pyridine rings is 1. The van der Waals surface area contributed by atoms with Gasteiger partial charge in [-0.2, -0.15) is 0 Å². The zero-order valence-corrected chi connectivity index (χ0v) is 17.7. The van der Waals surface area contributed by atoms with Crippen molar-refractivity contribution in [3.8, 4) is 11.6 Å². The number of imidazole rings is 1. The lowest BCUT2D eigenvalue weighted by atomic mass is 10.1. The Morgan fingerprint density at radius 1 is 1.09 bits per heavy atom. The van der Waals surface area contributed by atoms with Crippen molar-refractivity contribution in [3.63, 3.8) is 0 Å². The molecule has 34 heavy (non-hydrogen) atoms. The van der Waals surface area contributed by atoms with E-state index >= 15 is 0 Å². The summed E-state index contributed by atoms with van der Waals surface area (Å²) in [6, 6.07) is 12.1. The van der Waals surface area contributed by atoms with Gasteiger partial charge in [-0.15, -0.1) is 10.2 Å². The average Bonchev–Trinajstić information content (AvgIpc) is 3.63. The van der Waals surface area contributed by atoms with Crippen LogP contribution in [-0.4, -0.2) is 42.5 Å². The molecule has 5 heterocycles. The molecule has 1 aromatic carbocycles. The van der Waals surface area contributed by atoms with Crippen molar-refractivity contribution in [2.24, 2.45) is 0 Å². The van der Waals surface area contributed by atoms with Crippen LogP contribution in [0.15, 0.2) is 70.1 Å². The number of aromatic amines is 1. The molecule has 0 unspecified atom stereocenters. The molecule has 172 valence electrons. The Bertz CT molecular complexity index is 1410. The summed E-state index contributed by atoms with van der Waals surface area (Å²) in [5.74, 6) is -0.0678. The van der Waals surface area contributed by atoms with Crippen LogP contribution in [0.2, 0.25) is 0 Å². The third-order valence-corrected chi connectivity index (χ3v) is 5.30. The zero-order chi connectivity index (χ0) is 23.5. The molecule has 6 rings (SSSR count). The van der Waals surface area contributed by atoms with Crippen molar-refractivity contribution >= 4 is 16.9 Å². The molecule has 0 saturated carbocycles. The van der Waals surface area contributed by atoms with Crippen LogP contribution in [0.1, 0.15) is 34.1 Å². The Morgan fingerprint density at radius 3 is 2.76 bits per heavy atom. The largest absolute Gasteiger partial charge is 0.464 e. The van der Waals surface area contributed by atoms with E-state index in [1.54, 1.807) is 53.8 Å². The standard InChI is InChI=1S/C14H12N6O2.C9H6F2O/c21-14(20-6-4-9-11(7-20)17-8-16-9)13-19-18-12(22-13)10-3-1-2-5-15-10;10-9(11)7-5-12-8-4-2-1-3-6(7)8/h1-3,5,8H,4,6-7H2,(H,16,17);1-5,9H. The van der Waals surface area contributed by atoms with Gasteiger partial charge in [-0.3, -0.25) is 9.78 Å². The molecule has 1 amide bonds. The van der Waals surface area contributed by atoms with Gasteiger partial charge in [-0.25, -0.2) is 13.8 Å². The molecule has 0 spiro atoms. The van der Waals surface area contributed by atoms with Crippen LogP contribution in [0.25, 0.3) is 22.6 Å². The van der Waals surface area contributed by atoms with Crippen LogP contribution in [0.3, 0.4) is 0 Å². The van der Waals surface area contributed by atoms with Crippen LogP contribution in [0.5, 0.6) is 0 Å². The Kier molecular flexibility index (Phi) is 5.81. The van der Waals surface area contributed by atoms with Crippen molar-refractivity contribution in [1.29, 1.82) is 0 Å². The monoisotopic (exact) mass is 464 g/mol. The van der Waals surface area contributed by atoms with Crippen molar-refractivity contribution in [1.82, 2.24) is 30.0 Å². The van der Waals surface area contributed by atoms with Crippen molar-refractivity contribution in [2.45, 2.75) is 19.4 Å². The van der Waals surface area contributed by atoms with Crippen LogP contribution in [0.4, 0.5) is 8.78 Å². The average molecular weight is 464 g/mol. The summed E-state index contributed by atoms with van der Waals surface area (Å²) in [6.45, 7) is 1.05. The summed E-state index contributed by atoms with van der Waals surface area (Å²) in [5.41, 5.74) is 2.97. The smallest absolute Gasteiger partial charge is 0.311 e. The van der Waals surface area contributed by atoms with E-state index in [4.69, 9.17) is 8.83 Å². The van der Waals surface area contributed by atoms with Gasteiger partial charge < -0.3 is 18.7 Å². The lowest BCUT2D eigenvalue weighted by molar-refractivity contribution is 0.0692. The summed E-state index contributed by atoms with van der Waals surface area (Å²) >= 11 is 0. The van der Waals surface area contributed by atoms with Gasteiger partial charge in [-0.05, 0) is 18.2 Å². The Balaban J connectivity index is 0.000000169. The van der Waals surface area contributed by atoms with Gasteiger partial charge in [0.1, 0.15) is 17.5 Å². The maximum Gasteiger partial charge on any atom is 0.311 e. The molecule has 9 nitrogen and oxygen atoms in total. The minimum atomic E-state index is -2.46. The molecular weight excluding hydrogens is 446 g/mol. The third kappa shape index (κ3) is 4.27. The number of hydrogen-bond acceptors (Lipinski definition) is 7. The SMILES string of the molecule is FC(F)c1coc2ccccc12.O=C(c1nnc(-c2ccccn2)o1)N1CCc2nc[nH]c2C1. The second-order valence-corrected chi connectivity index (χ2v) is 7.42. The summed E-state index contributed by atoms with van der Waals surface area (Å²) in [5, 5.41) is 8.22. The summed E-state index contributed by atoms with van der Waals surface area (Å²) in [7, 11) is 0. The number of para-hydroxylation sites is 1. The number of amides is 1. The normalized spacial score (nSPS) is 13.0. The number of H-pyrrole nitrogens is 1. The molecule has 1 aliphatic rings. The second kappa shape index (κ2) is 9.22. The van der Waals surface area contributed by atoms with Gasteiger partial charge in [-0.1, -0.05) is 24.3 Å². The number of benzene rings is 1. The number of alkyl halides is 2. The van der Waals surface area contributed by atoms with E-state index in [1.165, 1.54) is 0 Å². The van der Waals surface area contributed by atoms with Gasteiger partial charge in [0, 0.05) is 24.5 Å².